The summed E-state index contributed by atoms with van der Waals surface area (Å²) in [6.07, 6.45) is 1.73. The highest BCUT2D eigenvalue weighted by atomic mass is 16.3. The lowest BCUT2D eigenvalue weighted by atomic mass is 9.92. The smallest absolute Gasteiger partial charge is 0.127 e. The molecule has 0 amide bonds. The lowest BCUT2D eigenvalue weighted by molar-refractivity contribution is 0.224. The summed E-state index contributed by atoms with van der Waals surface area (Å²) in [4.78, 5) is 4.17. The van der Waals surface area contributed by atoms with Gasteiger partial charge in [0.25, 0.3) is 0 Å². The van der Waals surface area contributed by atoms with Crippen LogP contribution < -0.4 is 10.6 Å². The third kappa shape index (κ3) is 3.03. The van der Waals surface area contributed by atoms with Crippen molar-refractivity contribution >= 4 is 11.5 Å². The number of rotatable bonds is 5. The van der Waals surface area contributed by atoms with E-state index >= 15 is 0 Å². The van der Waals surface area contributed by atoms with Crippen LogP contribution in [0.3, 0.4) is 0 Å². The maximum Gasteiger partial charge on any atom is 0.127 e. The van der Waals surface area contributed by atoms with E-state index in [1.165, 1.54) is 0 Å². The summed E-state index contributed by atoms with van der Waals surface area (Å²) in [5.74, 6) is 0.790. The van der Waals surface area contributed by atoms with Crippen LogP contribution in [0.25, 0.3) is 0 Å². The van der Waals surface area contributed by atoms with Crippen molar-refractivity contribution in [3.63, 3.8) is 0 Å². The maximum atomic E-state index is 9.73. The van der Waals surface area contributed by atoms with E-state index in [9.17, 15) is 5.11 Å². The van der Waals surface area contributed by atoms with Gasteiger partial charge in [0.15, 0.2) is 0 Å². The quantitative estimate of drug-likeness (QED) is 0.770. The highest BCUT2D eigenvalue weighted by molar-refractivity contribution is 5.54. The Morgan fingerprint density at radius 3 is 2.58 bits per heavy atom. The Kier molecular flexibility index (Phi) is 4.02. The molecule has 0 saturated carbocycles. The zero-order valence-electron chi connectivity index (χ0n) is 11.2. The van der Waals surface area contributed by atoms with Crippen molar-refractivity contribution in [2.45, 2.75) is 12.5 Å². The number of anilines is 2. The lowest BCUT2D eigenvalue weighted by Gasteiger charge is -2.30. The van der Waals surface area contributed by atoms with Gasteiger partial charge in [-0.2, -0.15) is 0 Å². The third-order valence-electron chi connectivity index (χ3n) is 3.16. The molecule has 1 aromatic carbocycles. The van der Waals surface area contributed by atoms with Crippen molar-refractivity contribution in [3.8, 4) is 0 Å². The first-order chi connectivity index (χ1) is 9.18. The predicted octanol–water partition coefficient (Wildman–Crippen LogP) is 2.44. The van der Waals surface area contributed by atoms with Crippen LogP contribution in [0.15, 0.2) is 48.7 Å². The number of nitrogens with zero attached hydrogens (tertiary/aromatic N) is 1. The molecular formula is C15H19N3O. The van der Waals surface area contributed by atoms with Crippen LogP contribution in [0, 0.1) is 0 Å². The molecule has 0 bridgehead atoms. The van der Waals surface area contributed by atoms with Gasteiger partial charge in [0.05, 0.1) is 12.1 Å². The van der Waals surface area contributed by atoms with Crippen LogP contribution in [0.4, 0.5) is 11.5 Å². The van der Waals surface area contributed by atoms with Gasteiger partial charge in [-0.15, -0.1) is 0 Å². The second kappa shape index (κ2) is 5.71. The van der Waals surface area contributed by atoms with Crippen molar-refractivity contribution < 1.29 is 5.11 Å². The molecule has 19 heavy (non-hydrogen) atoms. The first kappa shape index (κ1) is 13.4. The van der Waals surface area contributed by atoms with Crippen molar-refractivity contribution in [2.24, 2.45) is 0 Å². The van der Waals surface area contributed by atoms with Crippen molar-refractivity contribution in [1.29, 1.82) is 0 Å². The van der Waals surface area contributed by atoms with Crippen LogP contribution in [0.1, 0.15) is 12.5 Å². The van der Waals surface area contributed by atoms with Crippen molar-refractivity contribution in [1.82, 2.24) is 4.98 Å². The van der Waals surface area contributed by atoms with Crippen LogP contribution in [-0.2, 0) is 5.54 Å². The van der Waals surface area contributed by atoms with Gasteiger partial charge in [-0.3, -0.25) is 0 Å². The van der Waals surface area contributed by atoms with E-state index in [2.05, 4.69) is 15.6 Å². The monoisotopic (exact) mass is 257 g/mol. The van der Waals surface area contributed by atoms with Crippen LogP contribution in [0.2, 0.25) is 0 Å². The van der Waals surface area contributed by atoms with Gasteiger partial charge in [0, 0.05) is 25.0 Å². The minimum absolute atomic E-state index is 0.00816. The van der Waals surface area contributed by atoms with E-state index in [1.54, 1.807) is 6.20 Å². The van der Waals surface area contributed by atoms with Crippen LogP contribution in [-0.4, -0.2) is 23.7 Å². The Labute approximate surface area is 113 Å². The van der Waals surface area contributed by atoms with Gasteiger partial charge in [0.1, 0.15) is 5.82 Å². The molecule has 0 aliphatic rings. The number of nitrogens with one attached hydrogen (secondary N) is 2. The molecule has 3 N–H and O–H groups in total. The fourth-order valence-corrected chi connectivity index (χ4v) is 1.97. The number of aromatic nitrogens is 1. The standard InChI is InChI=1S/C15H19N3O/c1-15(11-19,12-6-4-3-5-7-12)18-13-8-9-17-14(10-13)16-2/h3-10,19H,11H2,1-2H3,(H2,16,17,18). The summed E-state index contributed by atoms with van der Waals surface area (Å²) in [6.45, 7) is 1.98. The normalized spacial score (nSPS) is 13.6. The molecule has 0 aliphatic heterocycles. The Balaban J connectivity index is 2.27. The van der Waals surface area contributed by atoms with E-state index < -0.39 is 5.54 Å². The molecule has 0 aliphatic carbocycles. The first-order valence-electron chi connectivity index (χ1n) is 6.26. The predicted molar refractivity (Wildman–Crippen MR) is 78.3 cm³/mol. The summed E-state index contributed by atoms with van der Waals surface area (Å²) in [6, 6.07) is 13.7. The van der Waals surface area contributed by atoms with Gasteiger partial charge >= 0.3 is 0 Å². The lowest BCUT2D eigenvalue weighted by Crippen LogP contribution is -2.35. The van der Waals surface area contributed by atoms with Crippen molar-refractivity contribution in [3.05, 3.63) is 54.2 Å². The summed E-state index contributed by atoms with van der Waals surface area (Å²) >= 11 is 0. The van der Waals surface area contributed by atoms with Gasteiger partial charge in [-0.1, -0.05) is 30.3 Å². The number of benzene rings is 1. The average molecular weight is 257 g/mol. The largest absolute Gasteiger partial charge is 0.394 e. The van der Waals surface area contributed by atoms with Gasteiger partial charge in [-0.05, 0) is 18.6 Å². The number of pyridine rings is 1. The molecule has 1 heterocycles. The van der Waals surface area contributed by atoms with E-state index in [1.807, 2.05) is 56.4 Å². The number of hydrogen-bond acceptors (Lipinski definition) is 4. The molecule has 100 valence electrons. The zero-order valence-corrected chi connectivity index (χ0v) is 11.2. The second-order valence-corrected chi connectivity index (χ2v) is 4.66. The van der Waals surface area contributed by atoms with E-state index in [0.717, 1.165) is 17.1 Å². The number of aliphatic hydroxyl groups excluding tert-OH is 1. The Morgan fingerprint density at radius 2 is 1.95 bits per heavy atom. The molecule has 1 unspecified atom stereocenters. The highest BCUT2D eigenvalue weighted by Gasteiger charge is 2.25. The van der Waals surface area contributed by atoms with Crippen molar-refractivity contribution in [2.75, 3.05) is 24.3 Å². The molecule has 0 spiro atoms. The summed E-state index contributed by atoms with van der Waals surface area (Å²) < 4.78 is 0. The Morgan fingerprint density at radius 1 is 1.21 bits per heavy atom. The summed E-state index contributed by atoms with van der Waals surface area (Å²) in [5, 5.41) is 16.1. The first-order valence-corrected chi connectivity index (χ1v) is 6.26. The fourth-order valence-electron chi connectivity index (χ4n) is 1.97. The van der Waals surface area contributed by atoms with E-state index in [-0.39, 0.29) is 6.61 Å². The average Bonchev–Trinajstić information content (AvgIpc) is 2.48. The molecule has 1 aromatic heterocycles. The van der Waals surface area contributed by atoms with Gasteiger partial charge in [-0.25, -0.2) is 4.98 Å². The van der Waals surface area contributed by atoms with E-state index in [0.29, 0.717) is 0 Å². The SMILES string of the molecule is CNc1cc(NC(C)(CO)c2ccccc2)ccn1. The molecule has 0 saturated heterocycles. The molecule has 1 atom stereocenters. The number of hydrogen-bond donors (Lipinski definition) is 3. The van der Waals surface area contributed by atoms with Crippen LogP contribution >= 0.6 is 0 Å². The second-order valence-electron chi connectivity index (χ2n) is 4.66. The minimum atomic E-state index is -0.520. The molecule has 2 rings (SSSR count). The zero-order chi connectivity index (χ0) is 13.7. The molecule has 2 aromatic rings. The van der Waals surface area contributed by atoms with Gasteiger partial charge in [0.2, 0.25) is 0 Å². The molecule has 4 heteroatoms. The molecular weight excluding hydrogens is 238 g/mol. The fraction of sp³-hybridized carbons (Fsp3) is 0.267. The maximum absolute atomic E-state index is 9.73. The Bertz CT molecular complexity index is 530. The summed E-state index contributed by atoms with van der Waals surface area (Å²) in [7, 11) is 1.83. The topological polar surface area (TPSA) is 57.2 Å². The van der Waals surface area contributed by atoms with Gasteiger partial charge < -0.3 is 15.7 Å². The highest BCUT2D eigenvalue weighted by Crippen LogP contribution is 2.26. The minimum Gasteiger partial charge on any atom is -0.394 e. The van der Waals surface area contributed by atoms with E-state index in [4.69, 9.17) is 0 Å². The molecule has 0 radical (unpaired) electrons. The molecule has 4 nitrogen and oxygen atoms in total. The Hall–Kier alpha value is -2.07. The van der Waals surface area contributed by atoms with Crippen LogP contribution in [0.5, 0.6) is 0 Å². The number of aliphatic hydroxyl groups is 1. The third-order valence-corrected chi connectivity index (χ3v) is 3.16. The molecule has 0 fully saturated rings. The summed E-state index contributed by atoms with van der Waals surface area (Å²) in [5.41, 5.74) is 1.44.